The molecule has 0 spiro atoms. The Bertz CT molecular complexity index is 431. The summed E-state index contributed by atoms with van der Waals surface area (Å²) in [6, 6.07) is 2.08. The lowest BCUT2D eigenvalue weighted by atomic mass is 10.1. The maximum atomic E-state index is 13.5. The molecule has 0 aliphatic heterocycles. The predicted octanol–water partition coefficient (Wildman–Crippen LogP) is 3.72. The molecule has 1 N–H and O–H groups in total. The van der Waals surface area contributed by atoms with Crippen molar-refractivity contribution in [1.82, 2.24) is 5.32 Å². The smallest absolute Gasteiger partial charge is 0.257 e. The van der Waals surface area contributed by atoms with E-state index in [1.165, 1.54) is 0 Å². The van der Waals surface area contributed by atoms with Gasteiger partial charge in [-0.1, -0.05) is 29.8 Å². The van der Waals surface area contributed by atoms with Gasteiger partial charge in [-0.3, -0.25) is 4.79 Å². The number of carbonyl (C=O) groups is 1. The molecule has 0 saturated heterocycles. The van der Waals surface area contributed by atoms with Gasteiger partial charge in [0.1, 0.15) is 17.2 Å². The molecule has 0 aliphatic carbocycles. The Morgan fingerprint density at radius 3 is 2.33 bits per heavy atom. The van der Waals surface area contributed by atoms with Gasteiger partial charge in [-0.15, -0.1) is 11.6 Å². The quantitative estimate of drug-likeness (QED) is 0.832. The van der Waals surface area contributed by atoms with E-state index in [0.717, 1.165) is 12.1 Å². The molecule has 0 heterocycles. The van der Waals surface area contributed by atoms with Crippen LogP contribution in [0.2, 0.25) is 0 Å². The van der Waals surface area contributed by atoms with Crippen molar-refractivity contribution in [1.29, 1.82) is 0 Å². The number of nitrogens with one attached hydrogen (secondary N) is 1. The van der Waals surface area contributed by atoms with Crippen LogP contribution in [0.25, 0.3) is 0 Å². The summed E-state index contributed by atoms with van der Waals surface area (Å²) in [5.41, 5.74) is -0.592. The molecule has 1 unspecified atom stereocenters. The summed E-state index contributed by atoms with van der Waals surface area (Å²) >= 11 is 8.89. The fourth-order valence-corrected chi connectivity index (χ4v) is 1.75. The van der Waals surface area contributed by atoms with Gasteiger partial charge in [-0.25, -0.2) is 8.78 Å². The van der Waals surface area contributed by atoms with Gasteiger partial charge >= 0.3 is 0 Å². The molecule has 0 fully saturated rings. The third-order valence-corrected chi connectivity index (χ3v) is 3.53. The van der Waals surface area contributed by atoms with Crippen molar-refractivity contribution in [3.8, 4) is 0 Å². The summed E-state index contributed by atoms with van der Waals surface area (Å²) in [6.45, 7) is 3.95. The van der Waals surface area contributed by atoms with Crippen LogP contribution in [0.15, 0.2) is 16.6 Å². The van der Waals surface area contributed by atoms with Gasteiger partial charge in [0.25, 0.3) is 5.91 Å². The van der Waals surface area contributed by atoms with Crippen molar-refractivity contribution in [3.63, 3.8) is 0 Å². The first-order valence-corrected chi connectivity index (χ1v) is 6.62. The lowest BCUT2D eigenvalue weighted by Gasteiger charge is -2.14. The molecule has 0 saturated carbocycles. The maximum Gasteiger partial charge on any atom is 0.257 e. The highest BCUT2D eigenvalue weighted by Gasteiger charge is 2.19. The maximum absolute atomic E-state index is 13.5. The Hall–Kier alpha value is -0.680. The number of amides is 1. The molecule has 18 heavy (non-hydrogen) atoms. The van der Waals surface area contributed by atoms with E-state index in [2.05, 4.69) is 21.2 Å². The van der Waals surface area contributed by atoms with Crippen molar-refractivity contribution in [2.45, 2.75) is 19.2 Å². The number of hydrogen-bond donors (Lipinski definition) is 1. The van der Waals surface area contributed by atoms with E-state index in [0.29, 0.717) is 0 Å². The van der Waals surface area contributed by atoms with E-state index in [1.54, 1.807) is 0 Å². The number of alkyl halides is 1. The Kier molecular flexibility index (Phi) is 5.53. The standard InChI is InChI=1S/C12H13BrClF2NO/c1-6(2)8(14)5-17-12(18)11-9(15)3-7(13)4-10(11)16/h3-4,6,8H,5H2,1-2H3,(H,17,18). The first-order valence-electron chi connectivity index (χ1n) is 5.39. The Labute approximate surface area is 118 Å². The first kappa shape index (κ1) is 15.4. The minimum Gasteiger partial charge on any atom is -0.350 e. The van der Waals surface area contributed by atoms with Crippen LogP contribution in [0.1, 0.15) is 24.2 Å². The Morgan fingerprint density at radius 2 is 1.89 bits per heavy atom. The van der Waals surface area contributed by atoms with Gasteiger partial charge in [0.15, 0.2) is 0 Å². The normalized spacial score (nSPS) is 12.6. The molecule has 0 bridgehead atoms. The number of carbonyl (C=O) groups excluding carboxylic acids is 1. The molecule has 1 aromatic carbocycles. The van der Waals surface area contributed by atoms with Gasteiger partial charge in [0.2, 0.25) is 0 Å². The second kappa shape index (κ2) is 6.48. The number of benzene rings is 1. The average Bonchev–Trinajstić information content (AvgIpc) is 2.24. The van der Waals surface area contributed by atoms with Crippen LogP contribution in [-0.2, 0) is 0 Å². The molecule has 0 aromatic heterocycles. The molecular formula is C12H13BrClF2NO. The molecule has 0 aliphatic rings. The zero-order valence-corrected chi connectivity index (χ0v) is 12.3. The van der Waals surface area contributed by atoms with Crippen LogP contribution in [0.4, 0.5) is 8.78 Å². The zero-order valence-electron chi connectivity index (χ0n) is 9.94. The Balaban J connectivity index is 2.79. The summed E-state index contributed by atoms with van der Waals surface area (Å²) in [5, 5.41) is 2.13. The zero-order chi connectivity index (χ0) is 13.9. The molecular weight excluding hydrogens is 327 g/mol. The van der Waals surface area contributed by atoms with Crippen molar-refractivity contribution >= 4 is 33.4 Å². The molecule has 100 valence electrons. The summed E-state index contributed by atoms with van der Waals surface area (Å²) in [6.07, 6.45) is 0. The summed E-state index contributed by atoms with van der Waals surface area (Å²) < 4.78 is 27.2. The summed E-state index contributed by atoms with van der Waals surface area (Å²) in [5.74, 6) is -2.46. The number of rotatable bonds is 4. The van der Waals surface area contributed by atoms with Crippen LogP contribution in [0, 0.1) is 17.6 Å². The number of hydrogen-bond acceptors (Lipinski definition) is 1. The Morgan fingerprint density at radius 1 is 1.39 bits per heavy atom. The highest BCUT2D eigenvalue weighted by atomic mass is 79.9. The van der Waals surface area contributed by atoms with Crippen LogP contribution >= 0.6 is 27.5 Å². The lowest BCUT2D eigenvalue weighted by Crippen LogP contribution is -2.33. The topological polar surface area (TPSA) is 29.1 Å². The molecule has 2 nitrogen and oxygen atoms in total. The molecule has 1 aromatic rings. The van der Waals surface area contributed by atoms with Gasteiger partial charge in [-0.2, -0.15) is 0 Å². The van der Waals surface area contributed by atoms with Gasteiger partial charge in [0, 0.05) is 11.0 Å². The summed E-state index contributed by atoms with van der Waals surface area (Å²) in [7, 11) is 0. The highest BCUT2D eigenvalue weighted by molar-refractivity contribution is 9.10. The molecule has 1 rings (SSSR count). The van der Waals surface area contributed by atoms with E-state index in [4.69, 9.17) is 11.6 Å². The average molecular weight is 341 g/mol. The van der Waals surface area contributed by atoms with Gasteiger partial charge < -0.3 is 5.32 Å². The molecule has 1 atom stereocenters. The van der Waals surface area contributed by atoms with Crippen molar-refractivity contribution in [3.05, 3.63) is 33.8 Å². The lowest BCUT2D eigenvalue weighted by molar-refractivity contribution is 0.0944. The second-order valence-corrected chi connectivity index (χ2v) is 5.69. The van der Waals surface area contributed by atoms with Crippen molar-refractivity contribution < 1.29 is 13.6 Å². The van der Waals surface area contributed by atoms with Crippen molar-refractivity contribution in [2.24, 2.45) is 5.92 Å². The molecule has 6 heteroatoms. The van der Waals surface area contributed by atoms with Crippen molar-refractivity contribution in [2.75, 3.05) is 6.54 Å². The fraction of sp³-hybridized carbons (Fsp3) is 0.417. The monoisotopic (exact) mass is 339 g/mol. The minimum atomic E-state index is -0.907. The predicted molar refractivity (Wildman–Crippen MR) is 70.9 cm³/mol. The van der Waals surface area contributed by atoms with E-state index < -0.39 is 23.1 Å². The fourth-order valence-electron chi connectivity index (χ4n) is 1.27. The summed E-state index contributed by atoms with van der Waals surface area (Å²) in [4.78, 5) is 11.7. The SMILES string of the molecule is CC(C)C(Cl)CNC(=O)c1c(F)cc(Br)cc1F. The van der Waals surface area contributed by atoms with Gasteiger partial charge in [0.05, 0.1) is 5.38 Å². The second-order valence-electron chi connectivity index (χ2n) is 4.21. The van der Waals surface area contributed by atoms with E-state index >= 15 is 0 Å². The first-order chi connectivity index (χ1) is 8.32. The van der Waals surface area contributed by atoms with Crippen LogP contribution in [-0.4, -0.2) is 17.8 Å². The number of halogens is 4. The molecule has 1 amide bonds. The van der Waals surface area contributed by atoms with Gasteiger partial charge in [-0.05, 0) is 18.1 Å². The van der Waals surface area contributed by atoms with Crippen LogP contribution in [0.3, 0.4) is 0 Å². The third-order valence-electron chi connectivity index (χ3n) is 2.41. The van der Waals surface area contributed by atoms with Crippen LogP contribution in [0.5, 0.6) is 0 Å². The van der Waals surface area contributed by atoms with E-state index in [1.807, 2.05) is 13.8 Å². The minimum absolute atomic E-state index is 0.159. The van der Waals surface area contributed by atoms with E-state index in [-0.39, 0.29) is 22.3 Å². The third kappa shape index (κ3) is 3.92. The molecule has 0 radical (unpaired) electrons. The highest BCUT2D eigenvalue weighted by Crippen LogP contribution is 2.19. The van der Waals surface area contributed by atoms with Crippen LogP contribution < -0.4 is 5.32 Å². The van der Waals surface area contributed by atoms with E-state index in [9.17, 15) is 13.6 Å². The largest absolute Gasteiger partial charge is 0.350 e.